The molecule has 0 aliphatic carbocycles. The van der Waals surface area contributed by atoms with Gasteiger partial charge in [-0.15, -0.1) is 0 Å². The first kappa shape index (κ1) is 16.2. The van der Waals surface area contributed by atoms with Crippen LogP contribution in [0.25, 0.3) is 0 Å². The van der Waals surface area contributed by atoms with Gasteiger partial charge in [-0.2, -0.15) is 0 Å². The number of unbranched alkanes of at least 4 members (excludes halogenated alkanes) is 2. The summed E-state index contributed by atoms with van der Waals surface area (Å²) in [6.45, 7) is 3.87. The zero-order chi connectivity index (χ0) is 15.6. The lowest BCUT2D eigenvalue weighted by Gasteiger charge is -2.08. The van der Waals surface area contributed by atoms with E-state index in [-0.39, 0.29) is 5.82 Å². The molecule has 0 aliphatic heterocycles. The third-order valence-electron chi connectivity index (χ3n) is 3.39. The van der Waals surface area contributed by atoms with Crippen LogP contribution in [0.1, 0.15) is 31.7 Å². The van der Waals surface area contributed by atoms with Crippen LogP contribution in [0.15, 0.2) is 36.7 Å². The second kappa shape index (κ2) is 8.97. The Balaban J connectivity index is 1.76. The summed E-state index contributed by atoms with van der Waals surface area (Å²) in [5.41, 5.74) is 1.10. The molecule has 0 amide bonds. The van der Waals surface area contributed by atoms with E-state index in [1.165, 1.54) is 25.0 Å². The van der Waals surface area contributed by atoms with E-state index in [2.05, 4.69) is 27.5 Å². The summed E-state index contributed by atoms with van der Waals surface area (Å²) in [6, 6.07) is 8.49. The van der Waals surface area contributed by atoms with E-state index in [1.54, 1.807) is 18.5 Å². The van der Waals surface area contributed by atoms with Gasteiger partial charge in [0.05, 0.1) is 0 Å². The minimum absolute atomic E-state index is 0.203. The zero-order valence-electron chi connectivity index (χ0n) is 13.0. The van der Waals surface area contributed by atoms with Crippen molar-refractivity contribution in [3.63, 3.8) is 0 Å². The number of nitrogens with one attached hydrogen (secondary N) is 2. The number of hydrogen-bond acceptors (Lipinski definition) is 4. The SMILES string of the molecule is CCCCCNc1cc(NCCc2ccc(F)cc2)ncn1. The minimum Gasteiger partial charge on any atom is -0.370 e. The number of hydrogen-bond donors (Lipinski definition) is 2. The molecule has 4 nitrogen and oxygen atoms in total. The standard InChI is InChI=1S/C17H23FN4/c1-2-3-4-10-19-16-12-17(22-13-21-16)20-11-9-14-5-7-15(18)8-6-14/h5-8,12-13H,2-4,9-11H2,1H3,(H2,19,20,21,22). The Kier molecular flexibility index (Phi) is 6.61. The van der Waals surface area contributed by atoms with Crippen LogP contribution in [-0.4, -0.2) is 23.1 Å². The van der Waals surface area contributed by atoms with Crippen LogP contribution in [0.4, 0.5) is 16.0 Å². The lowest BCUT2D eigenvalue weighted by Crippen LogP contribution is -2.08. The second-order valence-electron chi connectivity index (χ2n) is 5.23. The van der Waals surface area contributed by atoms with E-state index in [0.29, 0.717) is 0 Å². The highest BCUT2D eigenvalue weighted by Crippen LogP contribution is 2.10. The number of benzene rings is 1. The van der Waals surface area contributed by atoms with E-state index >= 15 is 0 Å². The largest absolute Gasteiger partial charge is 0.370 e. The van der Waals surface area contributed by atoms with Gasteiger partial charge in [-0.05, 0) is 30.5 Å². The molecule has 0 saturated carbocycles. The summed E-state index contributed by atoms with van der Waals surface area (Å²) in [5, 5.41) is 6.57. The molecule has 1 heterocycles. The van der Waals surface area contributed by atoms with Gasteiger partial charge in [0.2, 0.25) is 0 Å². The Labute approximate surface area is 131 Å². The fraction of sp³-hybridized carbons (Fsp3) is 0.412. The maximum absolute atomic E-state index is 12.8. The molecule has 2 N–H and O–H groups in total. The smallest absolute Gasteiger partial charge is 0.131 e. The highest BCUT2D eigenvalue weighted by Gasteiger charge is 1.99. The molecule has 0 saturated heterocycles. The van der Waals surface area contributed by atoms with Gasteiger partial charge < -0.3 is 10.6 Å². The molecule has 2 aromatic rings. The quantitative estimate of drug-likeness (QED) is 0.690. The van der Waals surface area contributed by atoms with Crippen molar-refractivity contribution >= 4 is 11.6 Å². The van der Waals surface area contributed by atoms with Crippen molar-refractivity contribution in [1.29, 1.82) is 0 Å². The van der Waals surface area contributed by atoms with Crippen molar-refractivity contribution in [3.05, 3.63) is 48.0 Å². The van der Waals surface area contributed by atoms with Gasteiger partial charge in [0.1, 0.15) is 23.8 Å². The molecule has 5 heteroatoms. The van der Waals surface area contributed by atoms with Crippen LogP contribution in [0.2, 0.25) is 0 Å². The summed E-state index contributed by atoms with van der Waals surface area (Å²) in [6.07, 6.45) is 5.96. The average Bonchev–Trinajstić information content (AvgIpc) is 2.54. The molecule has 1 aromatic heterocycles. The van der Waals surface area contributed by atoms with Gasteiger partial charge in [0.15, 0.2) is 0 Å². The lowest BCUT2D eigenvalue weighted by atomic mass is 10.1. The maximum Gasteiger partial charge on any atom is 0.131 e. The maximum atomic E-state index is 12.8. The number of aromatic nitrogens is 2. The second-order valence-corrected chi connectivity index (χ2v) is 5.23. The summed E-state index contributed by atoms with van der Waals surface area (Å²) in [5.74, 6) is 1.44. The third kappa shape index (κ3) is 5.68. The molecule has 1 aromatic carbocycles. The molecular weight excluding hydrogens is 279 g/mol. The molecule has 0 bridgehead atoms. The highest BCUT2D eigenvalue weighted by molar-refractivity contribution is 5.46. The third-order valence-corrected chi connectivity index (χ3v) is 3.39. The van der Waals surface area contributed by atoms with E-state index < -0.39 is 0 Å². The van der Waals surface area contributed by atoms with Crippen LogP contribution < -0.4 is 10.6 Å². The molecule has 2 rings (SSSR count). The molecule has 118 valence electrons. The van der Waals surface area contributed by atoms with Crippen molar-refractivity contribution in [1.82, 2.24) is 9.97 Å². The molecule has 0 spiro atoms. The Hall–Kier alpha value is -2.17. The highest BCUT2D eigenvalue weighted by atomic mass is 19.1. The molecule has 0 fully saturated rings. The molecule has 0 unspecified atom stereocenters. The average molecular weight is 302 g/mol. The van der Waals surface area contributed by atoms with Crippen LogP contribution in [0.3, 0.4) is 0 Å². The Bertz CT molecular complexity index is 557. The van der Waals surface area contributed by atoms with Crippen molar-refractivity contribution in [3.8, 4) is 0 Å². The van der Waals surface area contributed by atoms with Crippen molar-refractivity contribution in [2.45, 2.75) is 32.6 Å². The Morgan fingerprint density at radius 3 is 2.32 bits per heavy atom. The number of nitrogens with zero attached hydrogens (tertiary/aromatic N) is 2. The van der Waals surface area contributed by atoms with E-state index in [4.69, 9.17) is 0 Å². The Morgan fingerprint density at radius 1 is 0.955 bits per heavy atom. The fourth-order valence-corrected chi connectivity index (χ4v) is 2.13. The molecule has 0 aliphatic rings. The summed E-state index contributed by atoms with van der Waals surface area (Å²) >= 11 is 0. The van der Waals surface area contributed by atoms with Gasteiger partial charge in [0.25, 0.3) is 0 Å². The first-order valence-corrected chi connectivity index (χ1v) is 7.82. The number of anilines is 2. The summed E-state index contributed by atoms with van der Waals surface area (Å²) in [4.78, 5) is 8.42. The lowest BCUT2D eigenvalue weighted by molar-refractivity contribution is 0.627. The van der Waals surface area contributed by atoms with Crippen LogP contribution in [-0.2, 0) is 6.42 Å². The van der Waals surface area contributed by atoms with Crippen LogP contribution in [0, 0.1) is 5.82 Å². The summed E-state index contributed by atoms with van der Waals surface area (Å²) in [7, 11) is 0. The fourth-order valence-electron chi connectivity index (χ4n) is 2.13. The minimum atomic E-state index is -0.203. The van der Waals surface area contributed by atoms with Crippen molar-refractivity contribution in [2.75, 3.05) is 23.7 Å². The topological polar surface area (TPSA) is 49.8 Å². The molecule has 0 radical (unpaired) electrons. The predicted molar refractivity (Wildman–Crippen MR) is 88.6 cm³/mol. The predicted octanol–water partition coefficient (Wildman–Crippen LogP) is 3.87. The first-order valence-electron chi connectivity index (χ1n) is 7.82. The van der Waals surface area contributed by atoms with Crippen LogP contribution in [0.5, 0.6) is 0 Å². The van der Waals surface area contributed by atoms with Crippen LogP contribution >= 0.6 is 0 Å². The normalized spacial score (nSPS) is 10.5. The molecular formula is C17H23FN4. The monoisotopic (exact) mass is 302 g/mol. The van der Waals surface area contributed by atoms with Crippen molar-refractivity contribution < 1.29 is 4.39 Å². The van der Waals surface area contributed by atoms with Gasteiger partial charge in [0, 0.05) is 19.2 Å². The van der Waals surface area contributed by atoms with Gasteiger partial charge >= 0.3 is 0 Å². The zero-order valence-corrected chi connectivity index (χ0v) is 13.0. The molecule has 0 atom stereocenters. The van der Waals surface area contributed by atoms with Crippen molar-refractivity contribution in [2.24, 2.45) is 0 Å². The van der Waals surface area contributed by atoms with E-state index in [1.807, 2.05) is 6.07 Å². The van der Waals surface area contributed by atoms with E-state index in [0.717, 1.165) is 43.1 Å². The van der Waals surface area contributed by atoms with E-state index in [9.17, 15) is 4.39 Å². The number of halogens is 1. The van der Waals surface area contributed by atoms with Gasteiger partial charge in [-0.1, -0.05) is 31.9 Å². The number of rotatable bonds is 9. The van der Waals surface area contributed by atoms with Gasteiger partial charge in [-0.25, -0.2) is 14.4 Å². The first-order chi connectivity index (χ1) is 10.8. The molecule has 22 heavy (non-hydrogen) atoms. The summed E-state index contributed by atoms with van der Waals surface area (Å²) < 4.78 is 12.8. The Morgan fingerprint density at radius 2 is 1.64 bits per heavy atom. The van der Waals surface area contributed by atoms with Gasteiger partial charge in [-0.3, -0.25) is 0 Å².